The van der Waals surface area contributed by atoms with Crippen molar-refractivity contribution in [1.82, 2.24) is 5.32 Å². The first-order chi connectivity index (χ1) is 11.4. The van der Waals surface area contributed by atoms with E-state index >= 15 is 0 Å². The predicted molar refractivity (Wildman–Crippen MR) is 100 cm³/mol. The van der Waals surface area contributed by atoms with E-state index < -0.39 is 11.7 Å². The zero-order valence-electron chi connectivity index (χ0n) is 13.1. The molecular formula is C16H20ClF3N2S2. The molecule has 24 heavy (non-hydrogen) atoms. The normalized spacial score (nSPS) is 16.0. The van der Waals surface area contributed by atoms with Crippen LogP contribution in [0.15, 0.2) is 18.2 Å². The molecular weight excluding hydrogens is 377 g/mol. The minimum absolute atomic E-state index is 0.268. The smallest absolute Gasteiger partial charge is 0.362 e. The van der Waals surface area contributed by atoms with Crippen molar-refractivity contribution in [3.8, 4) is 0 Å². The van der Waals surface area contributed by atoms with E-state index in [-0.39, 0.29) is 10.7 Å². The molecule has 0 amide bonds. The number of nitrogens with one attached hydrogen (secondary N) is 2. The van der Waals surface area contributed by atoms with E-state index in [0.29, 0.717) is 11.7 Å². The number of thioether (sulfide) groups is 1. The first-order valence-corrected chi connectivity index (χ1v) is 9.73. The molecule has 1 fully saturated rings. The van der Waals surface area contributed by atoms with Gasteiger partial charge >= 0.3 is 6.18 Å². The van der Waals surface area contributed by atoms with E-state index in [1.165, 1.54) is 44.2 Å². The summed E-state index contributed by atoms with van der Waals surface area (Å²) in [6.07, 6.45) is 2.02. The van der Waals surface area contributed by atoms with Crippen LogP contribution in [0.3, 0.4) is 0 Å². The third-order valence-corrected chi connectivity index (χ3v) is 5.78. The van der Waals surface area contributed by atoms with E-state index in [4.69, 9.17) is 23.8 Å². The summed E-state index contributed by atoms with van der Waals surface area (Å²) in [6, 6.07) is 3.66. The molecule has 0 unspecified atom stereocenters. The highest BCUT2D eigenvalue weighted by Gasteiger charge is 2.33. The number of anilines is 1. The standard InChI is InChI=1S/C16H20ClF3N2S2/c17-14-7-6-11(10-13(14)16(18,19)20)22-15(23)21-8-9-24-12-4-2-1-3-5-12/h6-7,10,12H,1-5,8-9H2,(H2,21,22,23). The second-order valence-electron chi connectivity index (χ2n) is 5.70. The molecule has 0 aliphatic heterocycles. The van der Waals surface area contributed by atoms with Crippen LogP contribution in [0.1, 0.15) is 37.7 Å². The fraction of sp³-hybridized carbons (Fsp3) is 0.562. The summed E-state index contributed by atoms with van der Waals surface area (Å²) < 4.78 is 38.5. The lowest BCUT2D eigenvalue weighted by Gasteiger charge is -2.21. The highest BCUT2D eigenvalue weighted by molar-refractivity contribution is 7.99. The Kier molecular flexibility index (Phi) is 7.50. The molecule has 0 saturated heterocycles. The molecule has 0 spiro atoms. The zero-order chi connectivity index (χ0) is 17.6. The Morgan fingerprint density at radius 2 is 1.96 bits per heavy atom. The van der Waals surface area contributed by atoms with Crippen molar-refractivity contribution in [2.75, 3.05) is 17.6 Å². The van der Waals surface area contributed by atoms with Crippen LogP contribution in [0.5, 0.6) is 0 Å². The molecule has 0 bridgehead atoms. The summed E-state index contributed by atoms with van der Waals surface area (Å²) in [4.78, 5) is 0. The fourth-order valence-corrected chi connectivity index (χ4v) is 4.28. The van der Waals surface area contributed by atoms with Gasteiger partial charge in [-0.2, -0.15) is 24.9 Å². The molecule has 1 aromatic carbocycles. The van der Waals surface area contributed by atoms with Gasteiger partial charge in [0.1, 0.15) is 0 Å². The summed E-state index contributed by atoms with van der Waals surface area (Å²) in [5, 5.41) is 6.52. The van der Waals surface area contributed by atoms with Gasteiger partial charge in [-0.25, -0.2) is 0 Å². The van der Waals surface area contributed by atoms with Gasteiger partial charge in [-0.3, -0.25) is 0 Å². The van der Waals surface area contributed by atoms with Gasteiger partial charge in [-0.15, -0.1) is 0 Å². The molecule has 0 heterocycles. The first kappa shape index (κ1) is 19.7. The van der Waals surface area contributed by atoms with Gasteiger partial charge < -0.3 is 10.6 Å². The van der Waals surface area contributed by atoms with Gasteiger partial charge in [-0.1, -0.05) is 30.9 Å². The molecule has 2 rings (SSSR count). The van der Waals surface area contributed by atoms with Crippen LogP contribution in [0, 0.1) is 0 Å². The highest BCUT2D eigenvalue weighted by Crippen LogP contribution is 2.36. The van der Waals surface area contributed by atoms with Gasteiger partial charge in [0, 0.05) is 23.2 Å². The number of hydrogen-bond acceptors (Lipinski definition) is 2. The highest BCUT2D eigenvalue weighted by atomic mass is 35.5. The average molecular weight is 397 g/mol. The summed E-state index contributed by atoms with van der Waals surface area (Å²) in [7, 11) is 0. The van der Waals surface area contributed by atoms with E-state index in [1.54, 1.807) is 0 Å². The molecule has 8 heteroatoms. The second kappa shape index (κ2) is 9.15. The lowest BCUT2D eigenvalue weighted by atomic mass is 10.0. The second-order valence-corrected chi connectivity index (χ2v) is 7.93. The van der Waals surface area contributed by atoms with Gasteiger partial charge in [0.2, 0.25) is 0 Å². The molecule has 0 aromatic heterocycles. The summed E-state index contributed by atoms with van der Waals surface area (Å²) in [5.41, 5.74) is -0.603. The van der Waals surface area contributed by atoms with Crippen molar-refractivity contribution < 1.29 is 13.2 Å². The van der Waals surface area contributed by atoms with Crippen LogP contribution in [0.4, 0.5) is 18.9 Å². The Hall–Kier alpha value is -0.660. The lowest BCUT2D eigenvalue weighted by molar-refractivity contribution is -0.137. The van der Waals surface area contributed by atoms with Crippen LogP contribution in [0.2, 0.25) is 5.02 Å². The SMILES string of the molecule is FC(F)(F)c1cc(NC(=S)NCCSC2CCCCC2)ccc1Cl. The predicted octanol–water partition coefficient (Wildman–Crippen LogP) is 5.71. The molecule has 1 saturated carbocycles. The molecule has 0 radical (unpaired) electrons. The Bertz CT molecular complexity index is 561. The maximum Gasteiger partial charge on any atom is 0.417 e. The van der Waals surface area contributed by atoms with E-state index in [2.05, 4.69) is 10.6 Å². The van der Waals surface area contributed by atoms with E-state index in [0.717, 1.165) is 17.1 Å². The minimum Gasteiger partial charge on any atom is -0.362 e. The van der Waals surface area contributed by atoms with Gasteiger partial charge in [0.15, 0.2) is 5.11 Å². The van der Waals surface area contributed by atoms with Crippen LogP contribution in [-0.4, -0.2) is 22.7 Å². The number of thiocarbonyl (C=S) groups is 1. The molecule has 2 N–H and O–H groups in total. The van der Waals surface area contributed by atoms with Gasteiger partial charge in [0.25, 0.3) is 0 Å². The fourth-order valence-electron chi connectivity index (χ4n) is 2.62. The molecule has 2 nitrogen and oxygen atoms in total. The molecule has 134 valence electrons. The number of alkyl halides is 3. The van der Waals surface area contributed by atoms with Crippen molar-refractivity contribution in [1.29, 1.82) is 0 Å². The minimum atomic E-state index is -4.49. The van der Waals surface area contributed by atoms with Crippen molar-refractivity contribution in [3.63, 3.8) is 0 Å². The van der Waals surface area contributed by atoms with E-state index in [1.807, 2.05) is 11.8 Å². The van der Waals surface area contributed by atoms with Gasteiger partial charge in [-0.05, 0) is 43.3 Å². The monoisotopic (exact) mass is 396 g/mol. The Labute approximate surface area is 154 Å². The van der Waals surface area contributed by atoms with Crippen LogP contribution < -0.4 is 10.6 Å². The molecule has 1 aliphatic rings. The van der Waals surface area contributed by atoms with Gasteiger partial charge in [0.05, 0.1) is 10.6 Å². The summed E-state index contributed by atoms with van der Waals surface area (Å²) in [5.74, 6) is 0.931. The van der Waals surface area contributed by atoms with Crippen molar-refractivity contribution in [2.45, 2.75) is 43.5 Å². The number of hydrogen-bond donors (Lipinski definition) is 2. The largest absolute Gasteiger partial charge is 0.417 e. The van der Waals surface area contributed by atoms with Crippen molar-refractivity contribution in [2.24, 2.45) is 0 Å². The molecule has 0 atom stereocenters. The van der Waals surface area contributed by atoms with Crippen molar-refractivity contribution in [3.05, 3.63) is 28.8 Å². The quantitative estimate of drug-likeness (QED) is 0.491. The van der Waals surface area contributed by atoms with Crippen LogP contribution >= 0.6 is 35.6 Å². The summed E-state index contributed by atoms with van der Waals surface area (Å²) >= 11 is 12.7. The number of halogens is 4. The topological polar surface area (TPSA) is 24.1 Å². The van der Waals surface area contributed by atoms with Crippen molar-refractivity contribution >= 4 is 46.4 Å². The van der Waals surface area contributed by atoms with E-state index in [9.17, 15) is 13.2 Å². The maximum absolute atomic E-state index is 12.8. The number of rotatable bonds is 5. The zero-order valence-corrected chi connectivity index (χ0v) is 15.5. The summed E-state index contributed by atoms with van der Waals surface area (Å²) in [6.45, 7) is 0.687. The third-order valence-electron chi connectivity index (χ3n) is 3.82. The van der Waals surface area contributed by atoms with Crippen LogP contribution in [-0.2, 0) is 6.18 Å². The molecule has 1 aliphatic carbocycles. The maximum atomic E-state index is 12.8. The number of benzene rings is 1. The molecule has 1 aromatic rings. The Morgan fingerprint density at radius 1 is 1.25 bits per heavy atom. The van der Waals surface area contributed by atoms with Crippen LogP contribution in [0.25, 0.3) is 0 Å². The third kappa shape index (κ3) is 6.33. The Balaban J connectivity index is 1.76. The first-order valence-electron chi connectivity index (χ1n) is 7.89. The average Bonchev–Trinajstić information content (AvgIpc) is 2.53. The Morgan fingerprint density at radius 3 is 2.62 bits per heavy atom. The lowest BCUT2D eigenvalue weighted by Crippen LogP contribution is -2.30.